The summed E-state index contributed by atoms with van der Waals surface area (Å²) >= 11 is 0. The second kappa shape index (κ2) is 5.97. The molecule has 0 saturated carbocycles. The molecule has 0 spiro atoms. The number of aromatic nitrogens is 2. The van der Waals surface area contributed by atoms with Gasteiger partial charge in [0.15, 0.2) is 0 Å². The first kappa shape index (κ1) is 13.7. The molecule has 2 aromatic rings. The van der Waals surface area contributed by atoms with Crippen molar-refractivity contribution in [2.45, 2.75) is 33.2 Å². The smallest absolute Gasteiger partial charge is 0.147 e. The Labute approximate surface area is 113 Å². The van der Waals surface area contributed by atoms with Crippen molar-refractivity contribution in [3.63, 3.8) is 0 Å². The number of hydrogen-bond donors (Lipinski definition) is 1. The van der Waals surface area contributed by atoms with Gasteiger partial charge in [0.25, 0.3) is 0 Å². The Morgan fingerprint density at radius 1 is 1.42 bits per heavy atom. The Bertz CT molecular complexity index is 548. The van der Waals surface area contributed by atoms with Crippen molar-refractivity contribution in [3.8, 4) is 5.69 Å². The minimum absolute atomic E-state index is 0.160. The summed E-state index contributed by atoms with van der Waals surface area (Å²) in [7, 11) is 0. The number of nitrogens with zero attached hydrogens (tertiary/aromatic N) is 2. The van der Waals surface area contributed by atoms with Gasteiger partial charge in [-0.05, 0) is 44.5 Å². The lowest BCUT2D eigenvalue weighted by molar-refractivity contribution is 0.560. The minimum Gasteiger partial charge on any atom is -0.310 e. The molecule has 0 aliphatic rings. The summed E-state index contributed by atoms with van der Waals surface area (Å²) in [5.74, 6) is 0.563. The van der Waals surface area contributed by atoms with Crippen LogP contribution < -0.4 is 5.32 Å². The number of imidazole rings is 1. The molecule has 4 heteroatoms. The van der Waals surface area contributed by atoms with Gasteiger partial charge in [-0.3, -0.25) is 0 Å². The molecule has 3 nitrogen and oxygen atoms in total. The molecule has 0 saturated heterocycles. The van der Waals surface area contributed by atoms with Crippen LogP contribution in [0.4, 0.5) is 4.39 Å². The second-order valence-corrected chi connectivity index (χ2v) is 4.73. The largest absolute Gasteiger partial charge is 0.310 e. The van der Waals surface area contributed by atoms with E-state index in [1.54, 1.807) is 23.0 Å². The van der Waals surface area contributed by atoms with E-state index in [9.17, 15) is 4.39 Å². The molecule has 1 aromatic carbocycles. The predicted octanol–water partition coefficient (Wildman–Crippen LogP) is 3.38. The summed E-state index contributed by atoms with van der Waals surface area (Å²) in [5, 5.41) is 3.36. The van der Waals surface area contributed by atoms with E-state index in [0.717, 1.165) is 24.4 Å². The molecule has 0 amide bonds. The van der Waals surface area contributed by atoms with Gasteiger partial charge < -0.3 is 9.88 Å². The van der Waals surface area contributed by atoms with Gasteiger partial charge in [-0.2, -0.15) is 0 Å². The van der Waals surface area contributed by atoms with Crippen LogP contribution in [0.5, 0.6) is 0 Å². The number of nitrogens with one attached hydrogen (secondary N) is 1. The van der Waals surface area contributed by atoms with Gasteiger partial charge in [0.1, 0.15) is 11.6 Å². The highest BCUT2D eigenvalue weighted by atomic mass is 19.1. The fourth-order valence-corrected chi connectivity index (χ4v) is 2.10. The Kier molecular flexibility index (Phi) is 4.32. The van der Waals surface area contributed by atoms with Gasteiger partial charge in [-0.15, -0.1) is 0 Å². The SMILES string of the molecule is CCCNC(C)c1ccc(-n2ccnc2C)c(F)c1. The predicted molar refractivity (Wildman–Crippen MR) is 75.0 cm³/mol. The summed E-state index contributed by atoms with van der Waals surface area (Å²) < 4.78 is 16.0. The van der Waals surface area contributed by atoms with Gasteiger partial charge >= 0.3 is 0 Å². The van der Waals surface area contributed by atoms with E-state index in [0.29, 0.717) is 5.69 Å². The zero-order valence-corrected chi connectivity index (χ0v) is 11.7. The second-order valence-electron chi connectivity index (χ2n) is 4.73. The van der Waals surface area contributed by atoms with E-state index in [-0.39, 0.29) is 11.9 Å². The molecule has 2 rings (SSSR count). The Morgan fingerprint density at radius 2 is 2.21 bits per heavy atom. The molecule has 0 bridgehead atoms. The zero-order chi connectivity index (χ0) is 13.8. The van der Waals surface area contributed by atoms with Crippen LogP contribution in [0.2, 0.25) is 0 Å². The third kappa shape index (κ3) is 3.01. The lowest BCUT2D eigenvalue weighted by Crippen LogP contribution is -2.19. The van der Waals surface area contributed by atoms with E-state index in [1.165, 1.54) is 0 Å². The molecule has 1 atom stereocenters. The third-order valence-electron chi connectivity index (χ3n) is 3.26. The van der Waals surface area contributed by atoms with Crippen molar-refractivity contribution in [1.29, 1.82) is 0 Å². The summed E-state index contributed by atoms with van der Waals surface area (Å²) in [5.41, 5.74) is 1.51. The first-order valence-electron chi connectivity index (χ1n) is 6.66. The Balaban J connectivity index is 2.25. The highest BCUT2D eigenvalue weighted by molar-refractivity contribution is 5.38. The maximum absolute atomic E-state index is 14.2. The maximum Gasteiger partial charge on any atom is 0.147 e. The first-order valence-corrected chi connectivity index (χ1v) is 6.66. The molecular formula is C15H20FN3. The Morgan fingerprint density at radius 3 is 2.79 bits per heavy atom. The Hall–Kier alpha value is -1.68. The molecular weight excluding hydrogens is 241 g/mol. The molecule has 1 aromatic heterocycles. The molecule has 1 N–H and O–H groups in total. The molecule has 0 radical (unpaired) electrons. The van der Waals surface area contributed by atoms with Gasteiger partial charge in [0.05, 0.1) is 5.69 Å². The van der Waals surface area contributed by atoms with Crippen LogP contribution >= 0.6 is 0 Å². The molecule has 1 unspecified atom stereocenters. The average molecular weight is 261 g/mol. The highest BCUT2D eigenvalue weighted by Crippen LogP contribution is 2.20. The summed E-state index contributed by atoms with van der Waals surface area (Å²) in [6.07, 6.45) is 4.51. The molecule has 0 fully saturated rings. The van der Waals surface area contributed by atoms with E-state index >= 15 is 0 Å². The quantitative estimate of drug-likeness (QED) is 0.894. The van der Waals surface area contributed by atoms with Gasteiger partial charge in [-0.25, -0.2) is 9.37 Å². The lowest BCUT2D eigenvalue weighted by atomic mass is 10.1. The van der Waals surface area contributed by atoms with Crippen molar-refractivity contribution in [2.75, 3.05) is 6.54 Å². The van der Waals surface area contributed by atoms with Crippen molar-refractivity contribution >= 4 is 0 Å². The van der Waals surface area contributed by atoms with Crippen molar-refractivity contribution in [2.24, 2.45) is 0 Å². The maximum atomic E-state index is 14.2. The number of rotatable bonds is 5. The molecule has 0 aliphatic heterocycles. The van der Waals surface area contributed by atoms with Crippen LogP contribution in [0, 0.1) is 12.7 Å². The van der Waals surface area contributed by atoms with Crippen molar-refractivity contribution in [3.05, 3.63) is 47.8 Å². The molecule has 102 valence electrons. The van der Waals surface area contributed by atoms with Gasteiger partial charge in [0, 0.05) is 18.4 Å². The monoisotopic (exact) mass is 261 g/mol. The fraction of sp³-hybridized carbons (Fsp3) is 0.400. The normalized spacial score (nSPS) is 12.6. The third-order valence-corrected chi connectivity index (χ3v) is 3.26. The summed E-state index contributed by atoms with van der Waals surface area (Å²) in [4.78, 5) is 4.12. The highest BCUT2D eigenvalue weighted by Gasteiger charge is 2.10. The van der Waals surface area contributed by atoms with E-state index in [1.807, 2.05) is 26.0 Å². The van der Waals surface area contributed by atoms with Gasteiger partial charge in [0.2, 0.25) is 0 Å². The summed E-state index contributed by atoms with van der Waals surface area (Å²) in [6, 6.07) is 5.53. The van der Waals surface area contributed by atoms with Crippen LogP contribution in [0.3, 0.4) is 0 Å². The van der Waals surface area contributed by atoms with Gasteiger partial charge in [-0.1, -0.05) is 13.0 Å². The van der Waals surface area contributed by atoms with E-state index < -0.39 is 0 Å². The van der Waals surface area contributed by atoms with Crippen LogP contribution in [0.15, 0.2) is 30.6 Å². The minimum atomic E-state index is -0.219. The van der Waals surface area contributed by atoms with Crippen molar-refractivity contribution < 1.29 is 4.39 Å². The number of benzene rings is 1. The lowest BCUT2D eigenvalue weighted by Gasteiger charge is -2.15. The zero-order valence-electron chi connectivity index (χ0n) is 11.7. The topological polar surface area (TPSA) is 29.9 Å². The van der Waals surface area contributed by atoms with Crippen LogP contribution in [-0.2, 0) is 0 Å². The fourth-order valence-electron chi connectivity index (χ4n) is 2.10. The van der Waals surface area contributed by atoms with Crippen molar-refractivity contribution in [1.82, 2.24) is 14.9 Å². The van der Waals surface area contributed by atoms with E-state index in [4.69, 9.17) is 0 Å². The van der Waals surface area contributed by atoms with E-state index in [2.05, 4.69) is 17.2 Å². The van der Waals surface area contributed by atoms with Crippen LogP contribution in [-0.4, -0.2) is 16.1 Å². The van der Waals surface area contributed by atoms with Crippen LogP contribution in [0.1, 0.15) is 37.7 Å². The average Bonchev–Trinajstić information content (AvgIpc) is 2.82. The summed E-state index contributed by atoms with van der Waals surface area (Å²) in [6.45, 7) is 6.96. The molecule has 0 aliphatic carbocycles. The number of aryl methyl sites for hydroxylation is 1. The molecule has 19 heavy (non-hydrogen) atoms. The number of halogens is 1. The first-order chi connectivity index (χ1) is 9.13. The number of hydrogen-bond acceptors (Lipinski definition) is 2. The standard InChI is InChI=1S/C15H20FN3/c1-4-7-17-11(2)13-5-6-15(14(16)10-13)19-9-8-18-12(19)3/h5-6,8-11,17H,4,7H2,1-3H3. The molecule has 1 heterocycles. The van der Waals surface area contributed by atoms with Crippen LogP contribution in [0.25, 0.3) is 5.69 Å².